The highest BCUT2D eigenvalue weighted by molar-refractivity contribution is 7.98. The average molecular weight is 273 g/mol. The number of nitrogens with one attached hydrogen (secondary N) is 1. The summed E-state index contributed by atoms with van der Waals surface area (Å²) >= 11 is 1.58. The van der Waals surface area contributed by atoms with Crippen LogP contribution in [0.3, 0.4) is 0 Å². The average Bonchev–Trinajstić information content (AvgIpc) is 2.80. The quantitative estimate of drug-likeness (QED) is 0.566. The molecule has 0 fully saturated rings. The van der Waals surface area contributed by atoms with Gasteiger partial charge in [0.15, 0.2) is 5.16 Å². The third kappa shape index (κ3) is 2.71. The van der Waals surface area contributed by atoms with Crippen LogP contribution in [0.15, 0.2) is 47.6 Å². The van der Waals surface area contributed by atoms with Crippen LogP contribution in [0.25, 0.3) is 11.0 Å². The van der Waals surface area contributed by atoms with Crippen LogP contribution in [0.4, 0.5) is 10.1 Å². The number of nitrogen functional groups attached to an aromatic ring is 1. The summed E-state index contributed by atoms with van der Waals surface area (Å²) in [6, 6.07) is 12.1. The zero-order valence-electron chi connectivity index (χ0n) is 10.1. The Morgan fingerprint density at radius 2 is 1.95 bits per heavy atom. The molecular formula is C14H12FN3S. The summed E-state index contributed by atoms with van der Waals surface area (Å²) in [5.41, 5.74) is 9.33. The van der Waals surface area contributed by atoms with Gasteiger partial charge < -0.3 is 10.7 Å². The molecule has 0 bridgehead atoms. The van der Waals surface area contributed by atoms with Gasteiger partial charge in [0.25, 0.3) is 0 Å². The van der Waals surface area contributed by atoms with E-state index < -0.39 is 0 Å². The number of rotatable bonds is 3. The van der Waals surface area contributed by atoms with Crippen molar-refractivity contribution in [2.24, 2.45) is 0 Å². The Kier molecular flexibility index (Phi) is 3.13. The molecule has 5 heteroatoms. The Labute approximate surface area is 114 Å². The smallest absolute Gasteiger partial charge is 0.166 e. The molecule has 2 aromatic carbocycles. The van der Waals surface area contributed by atoms with Gasteiger partial charge in [-0.3, -0.25) is 0 Å². The number of H-pyrrole nitrogens is 1. The standard InChI is InChI=1S/C14H12FN3S/c15-10-3-1-9(2-4-10)8-19-14-17-12-6-5-11(16)7-13(12)18-14/h1-7H,8,16H2,(H,17,18). The summed E-state index contributed by atoms with van der Waals surface area (Å²) in [7, 11) is 0. The minimum Gasteiger partial charge on any atom is -0.399 e. The third-order valence-corrected chi connectivity index (χ3v) is 3.72. The van der Waals surface area contributed by atoms with Crippen LogP contribution < -0.4 is 5.73 Å². The summed E-state index contributed by atoms with van der Waals surface area (Å²) in [4.78, 5) is 7.68. The van der Waals surface area contributed by atoms with Crippen molar-refractivity contribution < 1.29 is 4.39 Å². The lowest BCUT2D eigenvalue weighted by Gasteiger charge is -1.98. The summed E-state index contributed by atoms with van der Waals surface area (Å²) in [5, 5.41) is 0.838. The fourth-order valence-electron chi connectivity index (χ4n) is 1.80. The number of anilines is 1. The Hall–Kier alpha value is -2.01. The molecule has 96 valence electrons. The van der Waals surface area contributed by atoms with E-state index in [1.165, 1.54) is 12.1 Å². The number of aromatic nitrogens is 2. The van der Waals surface area contributed by atoms with Gasteiger partial charge in [-0.05, 0) is 35.9 Å². The molecule has 1 heterocycles. The summed E-state index contributed by atoms with van der Waals surface area (Å²) in [5.74, 6) is 0.531. The van der Waals surface area contributed by atoms with Crippen molar-refractivity contribution >= 4 is 28.5 Å². The van der Waals surface area contributed by atoms with Gasteiger partial charge in [-0.2, -0.15) is 0 Å². The van der Waals surface area contributed by atoms with Crippen molar-refractivity contribution in [1.29, 1.82) is 0 Å². The highest BCUT2D eigenvalue weighted by Crippen LogP contribution is 2.24. The van der Waals surface area contributed by atoms with Crippen LogP contribution in [-0.2, 0) is 5.75 Å². The molecule has 19 heavy (non-hydrogen) atoms. The van der Waals surface area contributed by atoms with Crippen molar-refractivity contribution in [3.63, 3.8) is 0 Å². The number of nitrogens with two attached hydrogens (primary N) is 1. The molecule has 0 saturated heterocycles. The Morgan fingerprint density at radius 3 is 2.74 bits per heavy atom. The maximum atomic E-state index is 12.8. The first-order valence-corrected chi connectivity index (χ1v) is 6.82. The summed E-state index contributed by atoms with van der Waals surface area (Å²) in [6.45, 7) is 0. The zero-order chi connectivity index (χ0) is 13.2. The van der Waals surface area contributed by atoms with Gasteiger partial charge >= 0.3 is 0 Å². The van der Waals surface area contributed by atoms with Crippen molar-refractivity contribution in [2.75, 3.05) is 5.73 Å². The number of aromatic amines is 1. The number of hydrogen-bond acceptors (Lipinski definition) is 3. The second-order valence-corrected chi connectivity index (χ2v) is 5.20. The highest BCUT2D eigenvalue weighted by atomic mass is 32.2. The fourth-order valence-corrected chi connectivity index (χ4v) is 2.65. The van der Waals surface area contributed by atoms with Gasteiger partial charge in [0.2, 0.25) is 0 Å². The molecule has 3 rings (SSSR count). The van der Waals surface area contributed by atoms with E-state index in [0.717, 1.165) is 27.5 Å². The van der Waals surface area contributed by atoms with Crippen molar-refractivity contribution in [2.45, 2.75) is 10.9 Å². The number of halogens is 1. The second-order valence-electron chi connectivity index (χ2n) is 4.23. The van der Waals surface area contributed by atoms with Crippen LogP contribution in [0, 0.1) is 5.82 Å². The maximum Gasteiger partial charge on any atom is 0.166 e. The summed E-state index contributed by atoms with van der Waals surface area (Å²) in [6.07, 6.45) is 0. The molecular weight excluding hydrogens is 261 g/mol. The topological polar surface area (TPSA) is 54.7 Å². The Bertz CT molecular complexity index is 706. The van der Waals surface area contributed by atoms with E-state index in [9.17, 15) is 4.39 Å². The fraction of sp³-hybridized carbons (Fsp3) is 0.0714. The lowest BCUT2D eigenvalue weighted by Crippen LogP contribution is -1.82. The predicted molar refractivity (Wildman–Crippen MR) is 76.5 cm³/mol. The van der Waals surface area contributed by atoms with Gasteiger partial charge in [0.1, 0.15) is 5.82 Å². The number of imidazole rings is 1. The van der Waals surface area contributed by atoms with E-state index in [0.29, 0.717) is 5.69 Å². The van der Waals surface area contributed by atoms with Gasteiger partial charge in [0, 0.05) is 11.4 Å². The van der Waals surface area contributed by atoms with Gasteiger partial charge in [-0.25, -0.2) is 9.37 Å². The number of nitrogens with zero attached hydrogens (tertiary/aromatic N) is 1. The minimum atomic E-state index is -0.215. The first-order valence-electron chi connectivity index (χ1n) is 5.83. The maximum absolute atomic E-state index is 12.8. The Balaban J connectivity index is 1.76. The lowest BCUT2D eigenvalue weighted by atomic mass is 10.2. The molecule has 0 spiro atoms. The third-order valence-electron chi connectivity index (χ3n) is 2.77. The molecule has 1 aromatic heterocycles. The SMILES string of the molecule is Nc1ccc2nc(SCc3ccc(F)cc3)[nH]c2c1. The molecule has 0 unspecified atom stereocenters. The number of benzene rings is 2. The van der Waals surface area contributed by atoms with Crippen LogP contribution >= 0.6 is 11.8 Å². The molecule has 3 nitrogen and oxygen atoms in total. The molecule has 3 N–H and O–H groups in total. The van der Waals surface area contributed by atoms with Crippen LogP contribution in [0.1, 0.15) is 5.56 Å². The zero-order valence-corrected chi connectivity index (χ0v) is 10.9. The molecule has 3 aromatic rings. The molecule has 0 amide bonds. The normalized spacial score (nSPS) is 11.0. The van der Waals surface area contributed by atoms with E-state index in [1.54, 1.807) is 23.9 Å². The lowest BCUT2D eigenvalue weighted by molar-refractivity contribution is 0.627. The first-order chi connectivity index (χ1) is 9.20. The molecule has 0 aliphatic rings. The van der Waals surface area contributed by atoms with E-state index in [4.69, 9.17) is 5.73 Å². The molecule has 0 radical (unpaired) electrons. The first kappa shape index (κ1) is 12.0. The van der Waals surface area contributed by atoms with Crippen LogP contribution in [0.2, 0.25) is 0 Å². The van der Waals surface area contributed by atoms with Gasteiger partial charge in [-0.15, -0.1) is 0 Å². The van der Waals surface area contributed by atoms with E-state index >= 15 is 0 Å². The highest BCUT2D eigenvalue weighted by Gasteiger charge is 2.04. The number of thioether (sulfide) groups is 1. The monoisotopic (exact) mass is 273 g/mol. The van der Waals surface area contributed by atoms with Crippen LogP contribution in [-0.4, -0.2) is 9.97 Å². The largest absolute Gasteiger partial charge is 0.399 e. The van der Waals surface area contributed by atoms with Crippen molar-refractivity contribution in [3.05, 3.63) is 53.8 Å². The minimum absolute atomic E-state index is 0.215. The van der Waals surface area contributed by atoms with Crippen LogP contribution in [0.5, 0.6) is 0 Å². The summed E-state index contributed by atoms with van der Waals surface area (Å²) < 4.78 is 12.8. The second kappa shape index (κ2) is 4.93. The van der Waals surface area contributed by atoms with Crippen molar-refractivity contribution in [3.8, 4) is 0 Å². The number of hydrogen-bond donors (Lipinski definition) is 2. The molecule has 0 aliphatic heterocycles. The Morgan fingerprint density at radius 1 is 1.16 bits per heavy atom. The van der Waals surface area contributed by atoms with E-state index in [1.807, 2.05) is 18.2 Å². The van der Waals surface area contributed by atoms with Crippen molar-refractivity contribution in [1.82, 2.24) is 9.97 Å². The molecule has 0 saturated carbocycles. The number of fused-ring (bicyclic) bond motifs is 1. The predicted octanol–water partition coefficient (Wildman–Crippen LogP) is 3.58. The molecule has 0 aliphatic carbocycles. The molecule has 0 atom stereocenters. The van der Waals surface area contributed by atoms with Gasteiger partial charge in [-0.1, -0.05) is 23.9 Å². The van der Waals surface area contributed by atoms with Gasteiger partial charge in [0.05, 0.1) is 11.0 Å². The van der Waals surface area contributed by atoms with E-state index in [2.05, 4.69) is 9.97 Å². The van der Waals surface area contributed by atoms with E-state index in [-0.39, 0.29) is 5.82 Å².